The van der Waals surface area contributed by atoms with Crippen LogP contribution in [0, 0.1) is 13.8 Å². The molecule has 5 nitrogen and oxygen atoms in total. The van der Waals surface area contributed by atoms with E-state index >= 15 is 0 Å². The Hall–Kier alpha value is -2.56. The largest absolute Gasteiger partial charge is 0.466 e. The number of hydrogen-bond donors (Lipinski definition) is 1. The molecule has 2 amide bonds. The van der Waals surface area contributed by atoms with Crippen LogP contribution in [0.25, 0.3) is 0 Å². The third kappa shape index (κ3) is 3.55. The molecule has 1 aromatic heterocycles. The van der Waals surface area contributed by atoms with Crippen LogP contribution in [0.1, 0.15) is 37.8 Å². The molecule has 22 heavy (non-hydrogen) atoms. The van der Waals surface area contributed by atoms with Crippen molar-refractivity contribution in [2.24, 2.45) is 0 Å². The lowest BCUT2D eigenvalue weighted by atomic mass is 10.1. The van der Waals surface area contributed by atoms with Gasteiger partial charge in [0.25, 0.3) is 11.8 Å². The lowest BCUT2D eigenvalue weighted by Crippen LogP contribution is -2.23. The van der Waals surface area contributed by atoms with Gasteiger partial charge in [0.2, 0.25) is 0 Å². The van der Waals surface area contributed by atoms with Crippen LogP contribution in [0.5, 0.6) is 0 Å². The molecule has 2 rings (SSSR count). The number of amides is 2. The van der Waals surface area contributed by atoms with Crippen molar-refractivity contribution in [1.82, 2.24) is 10.2 Å². The van der Waals surface area contributed by atoms with E-state index in [-0.39, 0.29) is 11.8 Å². The van der Waals surface area contributed by atoms with Gasteiger partial charge in [-0.2, -0.15) is 0 Å². The van der Waals surface area contributed by atoms with E-state index in [2.05, 4.69) is 5.32 Å². The molecule has 0 unspecified atom stereocenters. The smallest absolute Gasteiger partial charge is 0.255 e. The molecule has 1 heterocycles. The van der Waals surface area contributed by atoms with Crippen molar-refractivity contribution in [2.75, 3.05) is 14.1 Å². The Kier molecular flexibility index (Phi) is 4.65. The highest BCUT2D eigenvalue weighted by atomic mass is 16.3. The third-order valence-electron chi connectivity index (χ3n) is 3.35. The standard InChI is InChI=1S/C17H20N2O3/c1-11-9-15(12(2)22-11)16(20)18-10-13-5-7-14(8-6-13)17(21)19(3)4/h5-9H,10H2,1-4H3,(H,18,20). The van der Waals surface area contributed by atoms with Crippen LogP contribution in [-0.2, 0) is 6.54 Å². The molecule has 0 aliphatic rings. The van der Waals surface area contributed by atoms with Crippen LogP contribution < -0.4 is 5.32 Å². The van der Waals surface area contributed by atoms with Crippen molar-refractivity contribution in [3.8, 4) is 0 Å². The molecule has 0 aliphatic heterocycles. The van der Waals surface area contributed by atoms with E-state index in [1.165, 1.54) is 4.90 Å². The minimum absolute atomic E-state index is 0.0416. The van der Waals surface area contributed by atoms with Crippen molar-refractivity contribution >= 4 is 11.8 Å². The zero-order valence-electron chi connectivity index (χ0n) is 13.3. The van der Waals surface area contributed by atoms with Gasteiger partial charge in [-0.05, 0) is 37.6 Å². The summed E-state index contributed by atoms with van der Waals surface area (Å²) in [6.07, 6.45) is 0. The number of hydrogen-bond acceptors (Lipinski definition) is 3. The maximum atomic E-state index is 12.1. The molecule has 0 saturated heterocycles. The Morgan fingerprint density at radius 1 is 1.14 bits per heavy atom. The summed E-state index contributed by atoms with van der Waals surface area (Å²) in [4.78, 5) is 25.4. The molecule has 5 heteroatoms. The fourth-order valence-corrected chi connectivity index (χ4v) is 2.16. The summed E-state index contributed by atoms with van der Waals surface area (Å²) in [6.45, 7) is 3.98. The summed E-state index contributed by atoms with van der Waals surface area (Å²) >= 11 is 0. The zero-order chi connectivity index (χ0) is 16.3. The maximum absolute atomic E-state index is 12.1. The Balaban J connectivity index is 1.99. The first-order chi connectivity index (χ1) is 10.4. The highest BCUT2D eigenvalue weighted by Gasteiger charge is 2.13. The Labute approximate surface area is 129 Å². The number of carbonyl (C=O) groups excluding carboxylic acids is 2. The van der Waals surface area contributed by atoms with Gasteiger partial charge in [-0.3, -0.25) is 9.59 Å². The van der Waals surface area contributed by atoms with Crippen LogP contribution in [0.15, 0.2) is 34.7 Å². The molecule has 0 aliphatic carbocycles. The van der Waals surface area contributed by atoms with Crippen LogP contribution in [0.3, 0.4) is 0 Å². The molecule has 1 N–H and O–H groups in total. The summed E-state index contributed by atoms with van der Waals surface area (Å²) in [5, 5.41) is 2.85. The summed E-state index contributed by atoms with van der Waals surface area (Å²) in [6, 6.07) is 8.92. The fraction of sp³-hybridized carbons (Fsp3) is 0.294. The summed E-state index contributed by atoms with van der Waals surface area (Å²) in [7, 11) is 3.43. The highest BCUT2D eigenvalue weighted by Crippen LogP contribution is 2.13. The van der Waals surface area contributed by atoms with E-state index < -0.39 is 0 Å². The topological polar surface area (TPSA) is 62.6 Å². The minimum atomic E-state index is -0.164. The molecular formula is C17H20N2O3. The predicted octanol–water partition coefficient (Wildman–Crippen LogP) is 2.53. The molecule has 2 aromatic rings. The summed E-state index contributed by atoms with van der Waals surface area (Å²) < 4.78 is 5.35. The van der Waals surface area contributed by atoms with E-state index in [1.54, 1.807) is 39.2 Å². The Morgan fingerprint density at radius 2 is 1.77 bits per heavy atom. The Morgan fingerprint density at radius 3 is 2.27 bits per heavy atom. The van der Waals surface area contributed by atoms with Gasteiger partial charge in [0.05, 0.1) is 5.56 Å². The Bertz CT molecular complexity index is 684. The first-order valence-electron chi connectivity index (χ1n) is 7.04. The van der Waals surface area contributed by atoms with E-state index in [0.717, 1.165) is 5.56 Å². The van der Waals surface area contributed by atoms with Gasteiger partial charge in [0, 0.05) is 26.2 Å². The quantitative estimate of drug-likeness (QED) is 0.943. The molecule has 0 bridgehead atoms. The summed E-state index contributed by atoms with van der Waals surface area (Å²) in [5.41, 5.74) is 2.11. The second kappa shape index (κ2) is 6.47. The molecule has 1 aromatic carbocycles. The van der Waals surface area contributed by atoms with Crippen molar-refractivity contribution in [1.29, 1.82) is 0 Å². The second-order valence-electron chi connectivity index (χ2n) is 5.41. The molecular weight excluding hydrogens is 280 g/mol. The van der Waals surface area contributed by atoms with E-state index in [0.29, 0.717) is 29.2 Å². The van der Waals surface area contributed by atoms with Crippen LogP contribution in [-0.4, -0.2) is 30.8 Å². The molecule has 0 spiro atoms. The van der Waals surface area contributed by atoms with E-state index in [1.807, 2.05) is 19.1 Å². The van der Waals surface area contributed by atoms with Crippen LogP contribution in [0.4, 0.5) is 0 Å². The predicted molar refractivity (Wildman–Crippen MR) is 83.8 cm³/mol. The van der Waals surface area contributed by atoms with Crippen LogP contribution in [0.2, 0.25) is 0 Å². The summed E-state index contributed by atoms with van der Waals surface area (Å²) in [5.74, 6) is 1.12. The van der Waals surface area contributed by atoms with Crippen molar-refractivity contribution < 1.29 is 14.0 Å². The number of nitrogens with zero attached hydrogens (tertiary/aromatic N) is 1. The lowest BCUT2D eigenvalue weighted by Gasteiger charge is -2.10. The number of nitrogens with one attached hydrogen (secondary N) is 1. The van der Waals surface area contributed by atoms with Gasteiger partial charge >= 0.3 is 0 Å². The van der Waals surface area contributed by atoms with E-state index in [4.69, 9.17) is 4.42 Å². The average Bonchev–Trinajstić information content (AvgIpc) is 2.83. The average molecular weight is 300 g/mol. The number of rotatable bonds is 4. The molecule has 0 radical (unpaired) electrons. The van der Waals surface area contributed by atoms with Crippen molar-refractivity contribution in [3.63, 3.8) is 0 Å². The van der Waals surface area contributed by atoms with Crippen molar-refractivity contribution in [3.05, 3.63) is 58.5 Å². The SMILES string of the molecule is Cc1cc(C(=O)NCc2ccc(C(=O)N(C)C)cc2)c(C)o1. The van der Waals surface area contributed by atoms with Gasteiger partial charge in [0.1, 0.15) is 11.5 Å². The second-order valence-corrected chi connectivity index (χ2v) is 5.41. The van der Waals surface area contributed by atoms with E-state index in [9.17, 15) is 9.59 Å². The molecule has 0 saturated carbocycles. The normalized spacial score (nSPS) is 10.4. The monoisotopic (exact) mass is 300 g/mol. The maximum Gasteiger partial charge on any atom is 0.255 e. The highest BCUT2D eigenvalue weighted by molar-refractivity contribution is 5.95. The lowest BCUT2D eigenvalue weighted by molar-refractivity contribution is 0.0827. The zero-order valence-corrected chi connectivity index (χ0v) is 13.3. The molecule has 0 atom stereocenters. The van der Waals surface area contributed by atoms with Gasteiger partial charge in [0.15, 0.2) is 0 Å². The third-order valence-corrected chi connectivity index (χ3v) is 3.35. The van der Waals surface area contributed by atoms with Gasteiger partial charge in [-0.1, -0.05) is 12.1 Å². The number of benzene rings is 1. The van der Waals surface area contributed by atoms with Gasteiger partial charge in [-0.15, -0.1) is 0 Å². The first-order valence-corrected chi connectivity index (χ1v) is 7.04. The minimum Gasteiger partial charge on any atom is -0.466 e. The van der Waals surface area contributed by atoms with Gasteiger partial charge < -0.3 is 14.6 Å². The number of carbonyl (C=O) groups is 2. The fourth-order valence-electron chi connectivity index (χ4n) is 2.16. The number of aryl methyl sites for hydroxylation is 2. The van der Waals surface area contributed by atoms with Crippen LogP contribution >= 0.6 is 0 Å². The van der Waals surface area contributed by atoms with Gasteiger partial charge in [-0.25, -0.2) is 0 Å². The molecule has 0 fully saturated rings. The van der Waals surface area contributed by atoms with Crippen molar-refractivity contribution in [2.45, 2.75) is 20.4 Å². The number of furan rings is 1. The molecule has 116 valence electrons. The first kappa shape index (κ1) is 15.8.